The van der Waals surface area contributed by atoms with E-state index >= 15 is 0 Å². The molecule has 2 aromatic rings. The van der Waals surface area contributed by atoms with Gasteiger partial charge in [0.2, 0.25) is 5.13 Å². The number of carbonyl (C=O) groups excluding carboxylic acids is 1. The van der Waals surface area contributed by atoms with Crippen LogP contribution in [0.3, 0.4) is 0 Å². The highest BCUT2D eigenvalue weighted by Crippen LogP contribution is 2.17. The Labute approximate surface area is 144 Å². The summed E-state index contributed by atoms with van der Waals surface area (Å²) in [7, 11) is 0. The lowest BCUT2D eigenvalue weighted by molar-refractivity contribution is 0.0679. The molecule has 128 valence electrons. The Morgan fingerprint density at radius 1 is 1.38 bits per heavy atom. The largest absolute Gasteiger partial charge is 0.491 e. The number of nitrogens with one attached hydrogen (secondary N) is 2. The highest BCUT2D eigenvalue weighted by Gasteiger charge is 2.15. The van der Waals surface area contributed by atoms with Crippen molar-refractivity contribution in [2.24, 2.45) is 0 Å². The third-order valence-corrected chi connectivity index (χ3v) is 4.34. The van der Waals surface area contributed by atoms with Crippen molar-refractivity contribution >= 4 is 22.5 Å². The molecular weight excluding hydrogens is 328 g/mol. The first-order chi connectivity index (χ1) is 11.7. The Hall–Kier alpha value is -2.19. The topological polar surface area (TPSA) is 85.4 Å². The fourth-order valence-electron chi connectivity index (χ4n) is 2.34. The molecule has 7 nitrogen and oxygen atoms in total. The summed E-state index contributed by atoms with van der Waals surface area (Å²) >= 11 is 1.33. The number of amides is 2. The lowest BCUT2D eigenvalue weighted by atomic mass is 10.2. The number of aromatic nitrogens is 2. The predicted molar refractivity (Wildman–Crippen MR) is 91.4 cm³/mol. The quantitative estimate of drug-likeness (QED) is 0.838. The number of carbonyl (C=O) groups is 1. The fourth-order valence-corrected chi connectivity index (χ4v) is 2.93. The van der Waals surface area contributed by atoms with E-state index in [2.05, 4.69) is 20.8 Å². The van der Waals surface area contributed by atoms with Crippen molar-refractivity contribution in [3.8, 4) is 5.75 Å². The van der Waals surface area contributed by atoms with Crippen molar-refractivity contribution in [1.82, 2.24) is 15.5 Å². The van der Waals surface area contributed by atoms with E-state index in [4.69, 9.17) is 9.47 Å². The fraction of sp³-hybridized carbons (Fsp3) is 0.438. The van der Waals surface area contributed by atoms with Crippen LogP contribution in [0, 0.1) is 6.92 Å². The average molecular weight is 348 g/mol. The van der Waals surface area contributed by atoms with Crippen LogP contribution in [0.4, 0.5) is 9.93 Å². The molecule has 0 radical (unpaired) electrons. The van der Waals surface area contributed by atoms with Crippen LogP contribution in [0.1, 0.15) is 23.4 Å². The lowest BCUT2D eigenvalue weighted by Crippen LogP contribution is -2.28. The molecule has 1 aliphatic heterocycles. The summed E-state index contributed by atoms with van der Waals surface area (Å²) in [5, 5.41) is 14.4. The van der Waals surface area contributed by atoms with E-state index in [1.165, 1.54) is 11.3 Å². The zero-order valence-corrected chi connectivity index (χ0v) is 14.3. The summed E-state index contributed by atoms with van der Waals surface area (Å²) < 4.78 is 11.2. The number of ether oxygens (including phenoxy) is 2. The molecule has 2 heterocycles. The lowest BCUT2D eigenvalue weighted by Gasteiger charge is -2.12. The number of anilines is 1. The summed E-state index contributed by atoms with van der Waals surface area (Å²) in [6.45, 7) is 3.68. The second-order valence-electron chi connectivity index (χ2n) is 5.52. The van der Waals surface area contributed by atoms with E-state index in [0.717, 1.165) is 35.8 Å². The number of rotatable bonds is 6. The minimum absolute atomic E-state index is 0.207. The van der Waals surface area contributed by atoms with Crippen LogP contribution in [0.25, 0.3) is 0 Å². The molecule has 0 spiro atoms. The molecule has 3 rings (SSSR count). The summed E-state index contributed by atoms with van der Waals surface area (Å²) in [4.78, 5) is 11.8. The second kappa shape index (κ2) is 8.07. The smallest absolute Gasteiger partial charge is 0.321 e. The molecule has 1 aromatic carbocycles. The monoisotopic (exact) mass is 348 g/mol. The zero-order chi connectivity index (χ0) is 16.8. The highest BCUT2D eigenvalue weighted by molar-refractivity contribution is 7.15. The van der Waals surface area contributed by atoms with Crippen LogP contribution >= 0.6 is 11.3 Å². The van der Waals surface area contributed by atoms with Gasteiger partial charge >= 0.3 is 6.03 Å². The van der Waals surface area contributed by atoms with Crippen LogP contribution in [0.2, 0.25) is 0 Å². The standard InChI is InChI=1S/C16H20N4O3S/c1-11-19-20-16(24-11)18-15(21)17-9-12-4-6-13(7-5-12)23-10-14-3-2-8-22-14/h4-7,14H,2-3,8-10H2,1H3,(H2,17,18,20,21)/t14-/m0/s1. The molecule has 2 N–H and O–H groups in total. The van der Waals surface area contributed by atoms with E-state index in [0.29, 0.717) is 18.3 Å². The molecule has 24 heavy (non-hydrogen) atoms. The van der Waals surface area contributed by atoms with Crippen LogP contribution in [-0.4, -0.2) is 35.5 Å². The first kappa shape index (κ1) is 16.7. The Kier molecular flexibility index (Phi) is 5.60. The van der Waals surface area contributed by atoms with E-state index in [1.807, 2.05) is 31.2 Å². The molecule has 0 bridgehead atoms. The number of benzene rings is 1. The van der Waals surface area contributed by atoms with Crippen molar-refractivity contribution < 1.29 is 14.3 Å². The van der Waals surface area contributed by atoms with Crippen LogP contribution in [-0.2, 0) is 11.3 Å². The van der Waals surface area contributed by atoms with Crippen LogP contribution in [0.5, 0.6) is 5.75 Å². The number of hydrogen-bond acceptors (Lipinski definition) is 6. The highest BCUT2D eigenvalue weighted by atomic mass is 32.1. The van der Waals surface area contributed by atoms with Crippen molar-refractivity contribution in [2.45, 2.75) is 32.4 Å². The third-order valence-electron chi connectivity index (χ3n) is 3.58. The zero-order valence-electron chi connectivity index (χ0n) is 13.4. The van der Waals surface area contributed by atoms with Gasteiger partial charge in [0.05, 0.1) is 6.10 Å². The van der Waals surface area contributed by atoms with E-state index < -0.39 is 0 Å². The molecular formula is C16H20N4O3S. The summed E-state index contributed by atoms with van der Waals surface area (Å²) in [6.07, 6.45) is 2.38. The molecule has 1 saturated heterocycles. The van der Waals surface area contributed by atoms with Gasteiger partial charge in [-0.3, -0.25) is 5.32 Å². The van der Waals surface area contributed by atoms with Gasteiger partial charge in [0.15, 0.2) is 0 Å². The van der Waals surface area contributed by atoms with Gasteiger partial charge in [-0.1, -0.05) is 23.5 Å². The molecule has 1 atom stereocenters. The molecule has 0 unspecified atom stereocenters. The average Bonchev–Trinajstić information content (AvgIpc) is 3.24. The Morgan fingerprint density at radius 3 is 2.88 bits per heavy atom. The minimum atomic E-state index is -0.301. The first-order valence-electron chi connectivity index (χ1n) is 7.87. The van der Waals surface area contributed by atoms with Crippen molar-refractivity contribution in [2.75, 3.05) is 18.5 Å². The Morgan fingerprint density at radius 2 is 2.21 bits per heavy atom. The van der Waals surface area contributed by atoms with Crippen molar-refractivity contribution in [3.05, 3.63) is 34.8 Å². The maximum atomic E-state index is 11.8. The Balaban J connectivity index is 1.41. The van der Waals surface area contributed by atoms with Crippen LogP contribution < -0.4 is 15.4 Å². The van der Waals surface area contributed by atoms with Gasteiger partial charge < -0.3 is 14.8 Å². The van der Waals surface area contributed by atoms with Gasteiger partial charge in [-0.25, -0.2) is 4.79 Å². The molecule has 0 aliphatic carbocycles. The summed E-state index contributed by atoms with van der Waals surface area (Å²) in [5.41, 5.74) is 0.989. The SMILES string of the molecule is Cc1nnc(NC(=O)NCc2ccc(OC[C@@H]3CCCO3)cc2)s1. The van der Waals surface area contributed by atoms with Crippen LogP contribution in [0.15, 0.2) is 24.3 Å². The number of aryl methyl sites for hydroxylation is 1. The summed E-state index contributed by atoms with van der Waals surface area (Å²) in [5.74, 6) is 0.808. The van der Waals surface area contributed by atoms with E-state index in [9.17, 15) is 4.79 Å². The minimum Gasteiger partial charge on any atom is -0.491 e. The van der Waals surface area contributed by atoms with Crippen molar-refractivity contribution in [1.29, 1.82) is 0 Å². The number of hydrogen-bond donors (Lipinski definition) is 2. The maximum Gasteiger partial charge on any atom is 0.321 e. The van der Waals surface area contributed by atoms with Gasteiger partial charge in [-0.2, -0.15) is 0 Å². The first-order valence-corrected chi connectivity index (χ1v) is 8.69. The summed E-state index contributed by atoms with van der Waals surface area (Å²) in [6, 6.07) is 7.36. The van der Waals surface area contributed by atoms with Crippen molar-refractivity contribution in [3.63, 3.8) is 0 Å². The maximum absolute atomic E-state index is 11.8. The molecule has 1 aliphatic rings. The second-order valence-corrected chi connectivity index (χ2v) is 6.71. The predicted octanol–water partition coefficient (Wildman–Crippen LogP) is 2.73. The Bertz CT molecular complexity index is 668. The molecule has 1 aromatic heterocycles. The number of nitrogens with zero attached hydrogens (tertiary/aromatic N) is 2. The van der Waals surface area contributed by atoms with Gasteiger partial charge in [0.25, 0.3) is 0 Å². The molecule has 0 saturated carbocycles. The third kappa shape index (κ3) is 4.90. The molecule has 2 amide bonds. The molecule has 1 fully saturated rings. The normalized spacial score (nSPS) is 16.8. The van der Waals surface area contributed by atoms with Gasteiger partial charge in [-0.05, 0) is 37.5 Å². The van der Waals surface area contributed by atoms with E-state index in [1.54, 1.807) is 0 Å². The van der Waals surface area contributed by atoms with E-state index in [-0.39, 0.29) is 12.1 Å². The number of urea groups is 1. The van der Waals surface area contributed by atoms with Gasteiger partial charge in [-0.15, -0.1) is 10.2 Å². The molecule has 8 heteroatoms. The van der Waals surface area contributed by atoms with Gasteiger partial charge in [0.1, 0.15) is 17.4 Å². The van der Waals surface area contributed by atoms with Gasteiger partial charge in [0, 0.05) is 13.2 Å².